The topological polar surface area (TPSA) is 221 Å². The number of ketones is 1. The Kier molecular flexibility index (Phi) is 19.4. The Hall–Kier alpha value is -7.20. The molecule has 6 N–H and O–H groups in total. The summed E-state index contributed by atoms with van der Waals surface area (Å²) in [7, 11) is 1.67. The normalized spacial score (nSPS) is 19.1. The monoisotopic (exact) mass is 1100 g/mol. The second-order valence-corrected chi connectivity index (χ2v) is 23.3. The number of hydrogen-bond donors (Lipinski definition) is 5. The van der Waals surface area contributed by atoms with Crippen molar-refractivity contribution in [3.05, 3.63) is 100 Å². The summed E-state index contributed by atoms with van der Waals surface area (Å²) in [5.74, 6) is -0.999. The van der Waals surface area contributed by atoms with Gasteiger partial charge in [-0.05, 0) is 118 Å². The number of fused-ring (bicyclic) bond motifs is 8. The molecule has 5 heterocycles. The van der Waals surface area contributed by atoms with Crippen molar-refractivity contribution in [1.29, 1.82) is 0 Å². The fourth-order valence-corrected chi connectivity index (χ4v) is 11.6. The van der Waals surface area contributed by atoms with Crippen molar-refractivity contribution in [2.75, 3.05) is 30.8 Å². The number of aryl methyl sites for hydroxylation is 1. The first-order chi connectivity index (χ1) is 38.4. The maximum absolute atomic E-state index is 14.9. The highest BCUT2D eigenvalue weighted by molar-refractivity contribution is 5.97. The first-order valence-corrected chi connectivity index (χ1v) is 28.9. The van der Waals surface area contributed by atoms with Gasteiger partial charge in [0.1, 0.15) is 35.2 Å². The van der Waals surface area contributed by atoms with Gasteiger partial charge in [0.15, 0.2) is 0 Å². The third-order valence-electron chi connectivity index (χ3n) is 16.4. The molecule has 2 bridgehead atoms. The highest BCUT2D eigenvalue weighted by Crippen LogP contribution is 2.45. The molecule has 4 aromatic rings. The van der Waals surface area contributed by atoms with E-state index in [2.05, 4.69) is 36.0 Å². The van der Waals surface area contributed by atoms with Crippen LogP contribution in [0.3, 0.4) is 0 Å². The van der Waals surface area contributed by atoms with Crippen LogP contribution in [0.4, 0.5) is 21.7 Å². The molecule has 5 amide bonds. The third-order valence-corrected chi connectivity index (χ3v) is 16.4. The summed E-state index contributed by atoms with van der Waals surface area (Å²) in [6, 6.07) is 12.7. The number of pyridine rings is 1. The lowest BCUT2D eigenvalue weighted by Crippen LogP contribution is -2.59. The van der Waals surface area contributed by atoms with Crippen LogP contribution < -0.4 is 31.9 Å². The molecule has 6 atom stereocenters. The number of hydrogen-bond acceptors (Lipinski definition) is 11. The Bertz CT molecular complexity index is 2930. The van der Waals surface area contributed by atoms with Gasteiger partial charge in [-0.2, -0.15) is 4.68 Å². The number of nitrogens with one attached hydrogen (secondary N) is 4. The number of carbonyl (C=O) groups excluding carboxylic acids is 6. The fraction of sp³-hybridized carbons (Fsp3) is 0.557. The number of amides is 5. The summed E-state index contributed by atoms with van der Waals surface area (Å²) in [6.07, 6.45) is 12.3. The molecule has 2 saturated heterocycles. The molecular formula is C61H81FN12O6. The Morgan fingerprint density at radius 2 is 1.62 bits per heavy atom. The van der Waals surface area contributed by atoms with Crippen LogP contribution in [0.5, 0.6) is 0 Å². The number of benzene rings is 2. The maximum atomic E-state index is 14.9. The van der Waals surface area contributed by atoms with Gasteiger partial charge >= 0.3 is 0 Å². The van der Waals surface area contributed by atoms with Gasteiger partial charge in [0.25, 0.3) is 11.7 Å². The van der Waals surface area contributed by atoms with E-state index in [0.717, 1.165) is 56.9 Å². The molecule has 8 rings (SSSR count). The minimum atomic E-state index is -0.915. The first kappa shape index (κ1) is 58.9. The van der Waals surface area contributed by atoms with Crippen molar-refractivity contribution in [3.8, 4) is 11.1 Å². The second kappa shape index (κ2) is 26.4. The van der Waals surface area contributed by atoms with Gasteiger partial charge < -0.3 is 46.5 Å². The largest absolute Gasteiger partial charge is 0.382 e. The second-order valence-electron chi connectivity index (χ2n) is 23.3. The molecule has 428 valence electrons. The Morgan fingerprint density at radius 3 is 2.31 bits per heavy atom. The van der Waals surface area contributed by atoms with Crippen LogP contribution in [0, 0.1) is 17.8 Å². The minimum absolute atomic E-state index is 0.00257. The van der Waals surface area contributed by atoms with Gasteiger partial charge in [0.2, 0.25) is 23.6 Å². The van der Waals surface area contributed by atoms with Crippen LogP contribution in [0.25, 0.3) is 16.0 Å². The Labute approximate surface area is 470 Å². The molecule has 2 aromatic carbocycles. The summed E-state index contributed by atoms with van der Waals surface area (Å²) in [5.41, 5.74) is 10.4. The lowest BCUT2D eigenvalue weighted by Gasteiger charge is -2.36. The van der Waals surface area contributed by atoms with Crippen LogP contribution in [0.15, 0.2) is 60.8 Å². The van der Waals surface area contributed by atoms with E-state index in [0.29, 0.717) is 103 Å². The van der Waals surface area contributed by atoms with Crippen LogP contribution >= 0.6 is 0 Å². The SMILES string of the molecule is [C-]#[N+]c1c2c(nn1CCCC(=O)CCCCCCCCC(=O)N[C@@H]1C[C@H](C(=O)N[C@@H](CC)c3ccccc3)N(C(=O)[C@H](NC(=O)[C@@H](C)NC)C(C)(C)C)C1)CN(C1CC1)C(=O)c1ccc(F)cc1[C@H]1CCCN1c1cc-2cnc1N. The van der Waals surface area contributed by atoms with Gasteiger partial charge in [-0.25, -0.2) is 9.37 Å². The summed E-state index contributed by atoms with van der Waals surface area (Å²) >= 11 is 0. The van der Waals surface area contributed by atoms with Crippen LogP contribution in [-0.2, 0) is 37.1 Å². The van der Waals surface area contributed by atoms with E-state index in [1.54, 1.807) is 30.9 Å². The molecule has 4 aliphatic rings. The molecule has 80 heavy (non-hydrogen) atoms. The van der Waals surface area contributed by atoms with Gasteiger partial charge in [0.05, 0.1) is 36.9 Å². The number of nitrogens with two attached hydrogens (primary N) is 1. The average Bonchev–Trinajstić information content (AvgIpc) is 3.95. The van der Waals surface area contributed by atoms with Gasteiger partial charge in [-0.3, -0.25) is 28.8 Å². The van der Waals surface area contributed by atoms with E-state index in [1.807, 2.05) is 69.0 Å². The molecular weight excluding hydrogens is 1020 g/mol. The highest BCUT2D eigenvalue weighted by Gasteiger charge is 2.46. The third kappa shape index (κ3) is 14.0. The number of Topliss-reactive ketones (excluding diaryl/α,β-unsaturated/α-hetero) is 1. The van der Waals surface area contributed by atoms with Crippen LogP contribution in [-0.4, -0.2) is 110 Å². The lowest BCUT2D eigenvalue weighted by atomic mass is 9.85. The zero-order valence-electron chi connectivity index (χ0n) is 47.5. The van der Waals surface area contributed by atoms with Crippen LogP contribution in [0.1, 0.15) is 177 Å². The summed E-state index contributed by atoms with van der Waals surface area (Å²) < 4.78 is 16.6. The number of aromatic nitrogens is 3. The quantitative estimate of drug-likeness (QED) is 0.0349. The maximum Gasteiger partial charge on any atom is 0.260 e. The number of unbranched alkanes of at least 4 members (excludes halogenated alkanes) is 5. The van der Waals surface area contributed by atoms with Gasteiger partial charge in [0, 0.05) is 61.8 Å². The molecule has 3 aliphatic heterocycles. The van der Waals surface area contributed by atoms with Crippen molar-refractivity contribution >= 4 is 52.6 Å². The standard InChI is InChI=1S/C61H81FN12O6/c1-8-47(39-20-14-13-15-21-39)68-58(78)51-34-42(36-73(51)60(80)54(61(3,4)5)69-57(77)38(2)64-6)67-52(76)25-17-12-10-9-11-16-22-44(75)23-18-31-74-56(65-7)53-40-32-50(55(63)66-35-40)71-30-19-24-49(71)46-33-41(62)26-29-45(46)59(79)72(43-27-28-43)37-48(53)70-74/h13-15,20-21,26,29,32-33,35,38,42-43,47,49,51,54,64H,8-12,16-19,22-25,27-28,30-31,34,36-37H2,1-6H3,(H2,63,66)(H,67,76)(H,68,78)(H,69,77)/t38-,42-,47+,49-,51-,54+/m1/s1. The fourth-order valence-electron chi connectivity index (χ4n) is 11.6. The Morgan fingerprint density at radius 1 is 0.912 bits per heavy atom. The number of carbonyl (C=O) groups is 6. The molecule has 0 radical (unpaired) electrons. The van der Waals surface area contributed by atoms with E-state index < -0.39 is 35.4 Å². The van der Waals surface area contributed by atoms with E-state index in [4.69, 9.17) is 17.4 Å². The molecule has 18 nitrogen and oxygen atoms in total. The molecule has 3 fully saturated rings. The number of anilines is 2. The highest BCUT2D eigenvalue weighted by atomic mass is 19.1. The van der Waals surface area contributed by atoms with E-state index in [1.165, 1.54) is 17.0 Å². The van der Waals surface area contributed by atoms with Crippen molar-refractivity contribution < 1.29 is 33.2 Å². The molecule has 2 aromatic heterocycles. The molecule has 0 spiro atoms. The number of nitrogen functional groups attached to an aromatic ring is 1. The Balaban J connectivity index is 0.810. The minimum Gasteiger partial charge on any atom is -0.382 e. The number of halogens is 1. The van der Waals surface area contributed by atoms with Gasteiger partial charge in [-0.1, -0.05) is 90.3 Å². The molecule has 0 unspecified atom stereocenters. The molecule has 1 aliphatic carbocycles. The van der Waals surface area contributed by atoms with E-state index in [9.17, 15) is 33.2 Å². The van der Waals surface area contributed by atoms with Crippen molar-refractivity contribution in [2.45, 2.75) is 193 Å². The summed E-state index contributed by atoms with van der Waals surface area (Å²) in [6.45, 7) is 18.9. The summed E-state index contributed by atoms with van der Waals surface area (Å²) in [5, 5.41) is 17.1. The number of likely N-dealkylation sites (N-methyl/N-ethyl adjacent to an activating group) is 1. The zero-order valence-corrected chi connectivity index (χ0v) is 47.5. The number of likely N-dealkylation sites (tertiary alicyclic amines) is 1. The summed E-state index contributed by atoms with van der Waals surface area (Å²) in [4.78, 5) is 96.7. The van der Waals surface area contributed by atoms with Crippen LogP contribution in [0.2, 0.25) is 0 Å². The smallest absolute Gasteiger partial charge is 0.260 e. The van der Waals surface area contributed by atoms with Crippen molar-refractivity contribution in [3.63, 3.8) is 0 Å². The average molecular weight is 1100 g/mol. The van der Waals surface area contributed by atoms with Crippen molar-refractivity contribution in [2.24, 2.45) is 5.41 Å². The number of rotatable bonds is 23. The van der Waals surface area contributed by atoms with E-state index in [-0.39, 0.29) is 73.0 Å². The molecule has 19 heteroatoms. The van der Waals surface area contributed by atoms with Gasteiger partial charge in [-0.15, -0.1) is 5.10 Å². The predicted octanol–water partition coefficient (Wildman–Crippen LogP) is 8.64. The predicted molar refractivity (Wildman–Crippen MR) is 305 cm³/mol. The van der Waals surface area contributed by atoms with E-state index >= 15 is 0 Å². The zero-order chi connectivity index (χ0) is 57.3. The number of nitrogens with zero attached hydrogens (tertiary/aromatic N) is 7. The first-order valence-electron chi connectivity index (χ1n) is 28.9. The van der Waals surface area contributed by atoms with Crippen molar-refractivity contribution in [1.82, 2.24) is 45.8 Å². The lowest BCUT2D eigenvalue weighted by molar-refractivity contribution is -0.144. The molecule has 1 saturated carbocycles.